The van der Waals surface area contributed by atoms with Crippen LogP contribution in [0, 0.1) is 11.8 Å². The van der Waals surface area contributed by atoms with Gasteiger partial charge >= 0.3 is 5.97 Å². The molecule has 0 amide bonds. The van der Waals surface area contributed by atoms with Crippen LogP contribution in [0.5, 0.6) is 0 Å². The van der Waals surface area contributed by atoms with Crippen LogP contribution in [0.3, 0.4) is 0 Å². The van der Waals surface area contributed by atoms with Crippen molar-refractivity contribution in [3.05, 3.63) is 40.7 Å². The fourth-order valence-corrected chi connectivity index (χ4v) is 2.81. The number of hydrogen-bond donors (Lipinski definition) is 1. The Balaban J connectivity index is 2.16. The SMILES string of the molecule is CC(C)C(Cc1nc(-c2ccccc2)cs1)C(=O)O. The number of aromatic nitrogens is 1. The van der Waals surface area contributed by atoms with Crippen LogP contribution in [-0.2, 0) is 11.2 Å². The summed E-state index contributed by atoms with van der Waals surface area (Å²) in [5.41, 5.74) is 2.00. The zero-order valence-corrected chi connectivity index (χ0v) is 11.9. The highest BCUT2D eigenvalue weighted by Gasteiger charge is 2.23. The van der Waals surface area contributed by atoms with Gasteiger partial charge in [0.05, 0.1) is 16.6 Å². The Bertz CT molecular complexity index is 548. The molecule has 1 aromatic carbocycles. The topological polar surface area (TPSA) is 50.2 Å². The van der Waals surface area contributed by atoms with Crippen molar-refractivity contribution in [2.45, 2.75) is 20.3 Å². The molecule has 1 N–H and O–H groups in total. The monoisotopic (exact) mass is 275 g/mol. The molecule has 0 saturated carbocycles. The van der Waals surface area contributed by atoms with Crippen LogP contribution in [0.25, 0.3) is 11.3 Å². The number of rotatable bonds is 5. The number of thiazole rings is 1. The number of hydrogen-bond acceptors (Lipinski definition) is 3. The Labute approximate surface area is 116 Å². The number of nitrogens with zero attached hydrogens (tertiary/aromatic N) is 1. The molecule has 100 valence electrons. The second-order valence-corrected chi connectivity index (χ2v) is 5.83. The molecule has 0 aliphatic rings. The molecule has 0 fully saturated rings. The molecule has 0 bridgehead atoms. The predicted molar refractivity (Wildman–Crippen MR) is 77.2 cm³/mol. The molecule has 1 atom stereocenters. The molecular formula is C15H17NO2S. The standard InChI is InChI=1S/C15H17NO2S/c1-10(2)12(15(17)18)8-14-16-13(9-19-14)11-6-4-3-5-7-11/h3-7,9-10,12H,8H2,1-2H3,(H,17,18). The van der Waals surface area contributed by atoms with E-state index >= 15 is 0 Å². The van der Waals surface area contributed by atoms with E-state index < -0.39 is 5.97 Å². The molecule has 3 nitrogen and oxygen atoms in total. The first-order valence-corrected chi connectivity index (χ1v) is 7.18. The summed E-state index contributed by atoms with van der Waals surface area (Å²) in [4.78, 5) is 15.7. The van der Waals surface area contributed by atoms with Gasteiger partial charge in [-0.3, -0.25) is 4.79 Å². The van der Waals surface area contributed by atoms with Gasteiger partial charge in [-0.1, -0.05) is 44.2 Å². The van der Waals surface area contributed by atoms with Gasteiger partial charge in [-0.15, -0.1) is 11.3 Å². The molecule has 1 unspecified atom stereocenters. The molecular weight excluding hydrogens is 258 g/mol. The maximum atomic E-state index is 11.2. The maximum Gasteiger partial charge on any atom is 0.307 e. The number of aliphatic carboxylic acids is 1. The summed E-state index contributed by atoms with van der Waals surface area (Å²) in [6.45, 7) is 3.87. The van der Waals surface area contributed by atoms with Gasteiger partial charge in [0.25, 0.3) is 0 Å². The molecule has 0 saturated heterocycles. The molecule has 0 aliphatic carbocycles. The van der Waals surface area contributed by atoms with Crippen molar-refractivity contribution in [2.75, 3.05) is 0 Å². The van der Waals surface area contributed by atoms with Crippen LogP contribution in [-0.4, -0.2) is 16.1 Å². The van der Waals surface area contributed by atoms with E-state index in [1.807, 2.05) is 49.6 Å². The average molecular weight is 275 g/mol. The highest BCUT2D eigenvalue weighted by Crippen LogP contribution is 2.25. The molecule has 19 heavy (non-hydrogen) atoms. The zero-order valence-electron chi connectivity index (χ0n) is 11.0. The Kier molecular flexibility index (Phi) is 4.32. The lowest BCUT2D eigenvalue weighted by molar-refractivity contribution is -0.143. The molecule has 1 aromatic heterocycles. The van der Waals surface area contributed by atoms with Crippen LogP contribution in [0.2, 0.25) is 0 Å². The molecule has 4 heteroatoms. The Morgan fingerprint density at radius 3 is 2.58 bits per heavy atom. The lowest BCUT2D eigenvalue weighted by Crippen LogP contribution is -2.22. The first-order chi connectivity index (χ1) is 9.08. The van der Waals surface area contributed by atoms with Crippen molar-refractivity contribution in [2.24, 2.45) is 11.8 Å². The minimum Gasteiger partial charge on any atom is -0.481 e. The largest absolute Gasteiger partial charge is 0.481 e. The fourth-order valence-electron chi connectivity index (χ4n) is 1.94. The van der Waals surface area contributed by atoms with Crippen LogP contribution in [0.4, 0.5) is 0 Å². The quantitative estimate of drug-likeness (QED) is 0.905. The van der Waals surface area contributed by atoms with Crippen molar-refractivity contribution < 1.29 is 9.90 Å². The first kappa shape index (κ1) is 13.7. The highest BCUT2D eigenvalue weighted by atomic mass is 32.1. The van der Waals surface area contributed by atoms with E-state index in [2.05, 4.69) is 4.98 Å². The maximum absolute atomic E-state index is 11.2. The fraction of sp³-hybridized carbons (Fsp3) is 0.333. The van der Waals surface area contributed by atoms with Crippen molar-refractivity contribution in [3.8, 4) is 11.3 Å². The molecule has 0 radical (unpaired) electrons. The van der Waals surface area contributed by atoms with Crippen LogP contribution < -0.4 is 0 Å². The zero-order chi connectivity index (χ0) is 13.8. The van der Waals surface area contributed by atoms with Gasteiger partial charge in [-0.25, -0.2) is 4.98 Å². The third-order valence-corrected chi connectivity index (χ3v) is 4.01. The molecule has 1 heterocycles. The second kappa shape index (κ2) is 5.97. The van der Waals surface area contributed by atoms with Crippen LogP contribution in [0.1, 0.15) is 18.9 Å². The van der Waals surface area contributed by atoms with E-state index in [1.165, 1.54) is 11.3 Å². The number of carboxylic acids is 1. The second-order valence-electron chi connectivity index (χ2n) is 4.89. The van der Waals surface area contributed by atoms with Crippen molar-refractivity contribution in [1.82, 2.24) is 4.98 Å². The van der Waals surface area contributed by atoms with Gasteiger partial charge in [0.1, 0.15) is 0 Å². The van der Waals surface area contributed by atoms with Gasteiger partial charge < -0.3 is 5.11 Å². The van der Waals surface area contributed by atoms with E-state index in [9.17, 15) is 9.90 Å². The summed E-state index contributed by atoms with van der Waals surface area (Å²) >= 11 is 1.53. The third-order valence-electron chi connectivity index (χ3n) is 3.14. The molecule has 2 aromatic rings. The summed E-state index contributed by atoms with van der Waals surface area (Å²) in [7, 11) is 0. The van der Waals surface area contributed by atoms with E-state index in [-0.39, 0.29) is 11.8 Å². The number of carboxylic acid groups (broad SMARTS) is 1. The minimum absolute atomic E-state index is 0.113. The normalized spacial score (nSPS) is 12.6. The first-order valence-electron chi connectivity index (χ1n) is 6.30. The molecule has 0 aliphatic heterocycles. The lowest BCUT2D eigenvalue weighted by atomic mass is 9.93. The summed E-state index contributed by atoms with van der Waals surface area (Å²) in [6.07, 6.45) is 0.504. The number of carbonyl (C=O) groups is 1. The number of benzene rings is 1. The average Bonchev–Trinajstić information content (AvgIpc) is 2.85. The van der Waals surface area contributed by atoms with Crippen LogP contribution >= 0.6 is 11.3 Å². The van der Waals surface area contributed by atoms with Gasteiger partial charge in [0.15, 0.2) is 0 Å². The van der Waals surface area contributed by atoms with E-state index in [1.54, 1.807) is 0 Å². The molecule has 2 rings (SSSR count). The summed E-state index contributed by atoms with van der Waals surface area (Å²) in [6, 6.07) is 9.94. The minimum atomic E-state index is -0.744. The van der Waals surface area contributed by atoms with Crippen molar-refractivity contribution in [3.63, 3.8) is 0 Å². The lowest BCUT2D eigenvalue weighted by Gasteiger charge is -2.14. The van der Waals surface area contributed by atoms with Crippen LogP contribution in [0.15, 0.2) is 35.7 Å². The Hall–Kier alpha value is -1.68. The highest BCUT2D eigenvalue weighted by molar-refractivity contribution is 7.09. The smallest absolute Gasteiger partial charge is 0.307 e. The van der Waals surface area contributed by atoms with E-state index in [0.717, 1.165) is 16.3 Å². The van der Waals surface area contributed by atoms with Gasteiger partial charge in [0, 0.05) is 17.4 Å². The Morgan fingerprint density at radius 1 is 1.32 bits per heavy atom. The van der Waals surface area contributed by atoms with Gasteiger partial charge in [0.2, 0.25) is 0 Å². The van der Waals surface area contributed by atoms with Gasteiger partial charge in [-0.05, 0) is 5.92 Å². The van der Waals surface area contributed by atoms with E-state index in [0.29, 0.717) is 6.42 Å². The predicted octanol–water partition coefficient (Wildman–Crippen LogP) is 3.71. The summed E-state index contributed by atoms with van der Waals surface area (Å²) in [5.74, 6) is -0.997. The van der Waals surface area contributed by atoms with Crippen molar-refractivity contribution in [1.29, 1.82) is 0 Å². The Morgan fingerprint density at radius 2 is 2.00 bits per heavy atom. The van der Waals surface area contributed by atoms with Gasteiger partial charge in [-0.2, -0.15) is 0 Å². The van der Waals surface area contributed by atoms with E-state index in [4.69, 9.17) is 0 Å². The van der Waals surface area contributed by atoms with Crippen molar-refractivity contribution >= 4 is 17.3 Å². The summed E-state index contributed by atoms with van der Waals surface area (Å²) in [5, 5.41) is 12.1. The summed E-state index contributed by atoms with van der Waals surface area (Å²) < 4.78 is 0. The third kappa shape index (κ3) is 3.41. The molecule has 0 spiro atoms.